The normalized spacial score (nSPS) is 13.1. The smallest absolute Gasteiger partial charge is 0.322 e. The Bertz CT molecular complexity index is 350. The summed E-state index contributed by atoms with van der Waals surface area (Å²) in [6.07, 6.45) is -0.138. The van der Waals surface area contributed by atoms with Crippen molar-refractivity contribution < 1.29 is 27.9 Å². The molecule has 0 fully saturated rings. The number of methoxy groups -OCH3 is 1. The molecule has 0 saturated carbocycles. The summed E-state index contributed by atoms with van der Waals surface area (Å²) in [7, 11) is -2.65. The summed E-state index contributed by atoms with van der Waals surface area (Å²) in [5.41, 5.74) is 0. The van der Waals surface area contributed by atoms with Gasteiger partial charge in [-0.1, -0.05) is 6.92 Å². The van der Waals surface area contributed by atoms with E-state index in [1.165, 1.54) is 0 Å². The van der Waals surface area contributed by atoms with Gasteiger partial charge in [0.2, 0.25) is 10.0 Å². The van der Waals surface area contributed by atoms with E-state index in [1.54, 1.807) is 6.92 Å². The van der Waals surface area contributed by atoms with Gasteiger partial charge in [0.1, 0.15) is 0 Å². The largest absolute Gasteiger partial charge is 0.481 e. The second kappa shape index (κ2) is 6.44. The van der Waals surface area contributed by atoms with Crippen LogP contribution in [0.25, 0.3) is 0 Å². The zero-order valence-electron chi connectivity index (χ0n) is 9.10. The Morgan fingerprint density at radius 3 is 2.44 bits per heavy atom. The Hall–Kier alpha value is -1.15. The Morgan fingerprint density at radius 2 is 2.00 bits per heavy atom. The monoisotopic (exact) mass is 253 g/mol. The molecule has 7 nitrogen and oxygen atoms in total. The third-order valence-corrected chi connectivity index (χ3v) is 2.93. The van der Waals surface area contributed by atoms with E-state index >= 15 is 0 Å². The summed E-state index contributed by atoms with van der Waals surface area (Å²) in [5, 5.41) is 8.45. The summed E-state index contributed by atoms with van der Waals surface area (Å²) in [6.45, 7) is 1.57. The van der Waals surface area contributed by atoms with Crippen LogP contribution in [0, 0.1) is 5.92 Å². The standard InChI is InChI=1S/C8H15NO6S/c1-6(3-7(10)11)4-9-16(13,14)5-8(12)15-2/h6,9H,3-5H2,1-2H3,(H,10,11). The van der Waals surface area contributed by atoms with Gasteiger partial charge in [0.05, 0.1) is 7.11 Å². The fourth-order valence-corrected chi connectivity index (χ4v) is 1.97. The molecular formula is C8H15NO6S. The van der Waals surface area contributed by atoms with Crippen molar-refractivity contribution in [2.75, 3.05) is 19.4 Å². The van der Waals surface area contributed by atoms with Gasteiger partial charge in [-0.15, -0.1) is 0 Å². The molecule has 0 aliphatic heterocycles. The van der Waals surface area contributed by atoms with E-state index in [9.17, 15) is 18.0 Å². The van der Waals surface area contributed by atoms with Gasteiger partial charge in [0, 0.05) is 13.0 Å². The van der Waals surface area contributed by atoms with Crippen molar-refractivity contribution in [3.63, 3.8) is 0 Å². The predicted octanol–water partition coefficient (Wildman–Crippen LogP) is -0.810. The van der Waals surface area contributed by atoms with Gasteiger partial charge >= 0.3 is 11.9 Å². The quantitative estimate of drug-likeness (QED) is 0.574. The molecule has 0 aromatic rings. The molecule has 0 amide bonds. The molecule has 1 atom stereocenters. The molecule has 2 N–H and O–H groups in total. The lowest BCUT2D eigenvalue weighted by Crippen LogP contribution is -2.34. The summed E-state index contributed by atoms with van der Waals surface area (Å²) in [4.78, 5) is 21.0. The molecule has 0 spiro atoms. The average Bonchev–Trinajstić information content (AvgIpc) is 2.13. The number of carbonyl (C=O) groups is 2. The third-order valence-electron chi connectivity index (χ3n) is 1.71. The molecule has 1 unspecified atom stereocenters. The number of aliphatic carboxylic acids is 1. The minimum absolute atomic E-state index is 0.0222. The highest BCUT2D eigenvalue weighted by Crippen LogP contribution is 2.00. The van der Waals surface area contributed by atoms with E-state index in [-0.39, 0.29) is 18.9 Å². The van der Waals surface area contributed by atoms with Crippen LogP contribution in [0.1, 0.15) is 13.3 Å². The van der Waals surface area contributed by atoms with Crippen LogP contribution in [-0.2, 0) is 24.3 Å². The van der Waals surface area contributed by atoms with Crippen LogP contribution < -0.4 is 4.72 Å². The van der Waals surface area contributed by atoms with E-state index in [2.05, 4.69) is 9.46 Å². The fraction of sp³-hybridized carbons (Fsp3) is 0.750. The van der Waals surface area contributed by atoms with Crippen LogP contribution in [-0.4, -0.2) is 44.9 Å². The molecule has 0 aromatic carbocycles. The van der Waals surface area contributed by atoms with Crippen molar-refractivity contribution in [3.8, 4) is 0 Å². The number of ether oxygens (including phenoxy) is 1. The number of rotatable bonds is 7. The van der Waals surface area contributed by atoms with Gasteiger partial charge in [0.15, 0.2) is 5.75 Å². The van der Waals surface area contributed by atoms with E-state index in [4.69, 9.17) is 5.11 Å². The summed E-state index contributed by atoms with van der Waals surface area (Å²) in [6, 6.07) is 0. The van der Waals surface area contributed by atoms with E-state index < -0.39 is 27.7 Å². The van der Waals surface area contributed by atoms with Crippen LogP contribution in [0.3, 0.4) is 0 Å². The molecule has 0 aliphatic carbocycles. The lowest BCUT2D eigenvalue weighted by atomic mass is 10.1. The van der Waals surface area contributed by atoms with Gasteiger partial charge in [-0.3, -0.25) is 9.59 Å². The fourth-order valence-electron chi connectivity index (χ4n) is 0.905. The highest BCUT2D eigenvalue weighted by molar-refractivity contribution is 7.90. The molecule has 0 bridgehead atoms. The van der Waals surface area contributed by atoms with Crippen LogP contribution in [0.4, 0.5) is 0 Å². The van der Waals surface area contributed by atoms with Crippen molar-refractivity contribution in [3.05, 3.63) is 0 Å². The van der Waals surface area contributed by atoms with E-state index in [0.717, 1.165) is 7.11 Å². The van der Waals surface area contributed by atoms with Crippen LogP contribution in [0.2, 0.25) is 0 Å². The number of carboxylic acid groups (broad SMARTS) is 1. The summed E-state index contributed by atoms with van der Waals surface area (Å²) < 4.78 is 28.8. The lowest BCUT2D eigenvalue weighted by Gasteiger charge is -2.10. The van der Waals surface area contributed by atoms with Crippen molar-refractivity contribution in [2.45, 2.75) is 13.3 Å². The van der Waals surface area contributed by atoms with Gasteiger partial charge in [-0.2, -0.15) is 0 Å². The number of sulfonamides is 1. The SMILES string of the molecule is COC(=O)CS(=O)(=O)NCC(C)CC(=O)O. The van der Waals surface area contributed by atoms with Crippen molar-refractivity contribution >= 4 is 22.0 Å². The molecule has 8 heteroatoms. The average molecular weight is 253 g/mol. The molecule has 0 saturated heterocycles. The first-order valence-electron chi connectivity index (χ1n) is 4.52. The number of nitrogens with one attached hydrogen (secondary N) is 1. The first kappa shape index (κ1) is 14.8. The maximum absolute atomic E-state index is 11.2. The first-order valence-corrected chi connectivity index (χ1v) is 6.18. The zero-order chi connectivity index (χ0) is 12.8. The minimum Gasteiger partial charge on any atom is -0.481 e. The molecule has 16 heavy (non-hydrogen) atoms. The second-order valence-electron chi connectivity index (χ2n) is 3.39. The molecule has 94 valence electrons. The summed E-state index contributed by atoms with van der Waals surface area (Å²) in [5.74, 6) is -2.97. The number of esters is 1. The van der Waals surface area contributed by atoms with E-state index in [1.807, 2.05) is 0 Å². The van der Waals surface area contributed by atoms with Crippen molar-refractivity contribution in [2.24, 2.45) is 5.92 Å². The lowest BCUT2D eigenvalue weighted by molar-refractivity contribution is -0.138. The van der Waals surface area contributed by atoms with Crippen molar-refractivity contribution in [1.29, 1.82) is 0 Å². The minimum atomic E-state index is -3.74. The molecule has 0 aromatic heterocycles. The van der Waals surface area contributed by atoms with E-state index in [0.29, 0.717) is 0 Å². The second-order valence-corrected chi connectivity index (χ2v) is 5.19. The molecule has 0 aliphatic rings. The highest BCUT2D eigenvalue weighted by atomic mass is 32.2. The Balaban J connectivity index is 4.09. The molecule has 0 rings (SSSR count). The topological polar surface area (TPSA) is 110 Å². The van der Waals surface area contributed by atoms with Crippen LogP contribution >= 0.6 is 0 Å². The number of hydrogen-bond acceptors (Lipinski definition) is 5. The van der Waals surface area contributed by atoms with Gasteiger partial charge in [0.25, 0.3) is 0 Å². The molecular weight excluding hydrogens is 238 g/mol. The van der Waals surface area contributed by atoms with Crippen molar-refractivity contribution in [1.82, 2.24) is 4.72 Å². The summed E-state index contributed by atoms with van der Waals surface area (Å²) >= 11 is 0. The highest BCUT2D eigenvalue weighted by Gasteiger charge is 2.18. The Kier molecular flexibility index (Phi) is 5.97. The molecule has 0 heterocycles. The Labute approximate surface area is 93.8 Å². The maximum atomic E-state index is 11.2. The van der Waals surface area contributed by atoms with Gasteiger partial charge in [-0.25, -0.2) is 13.1 Å². The van der Waals surface area contributed by atoms with Gasteiger partial charge in [-0.05, 0) is 5.92 Å². The maximum Gasteiger partial charge on any atom is 0.322 e. The van der Waals surface area contributed by atoms with Crippen LogP contribution in [0.15, 0.2) is 0 Å². The van der Waals surface area contributed by atoms with Crippen LogP contribution in [0.5, 0.6) is 0 Å². The first-order chi connectivity index (χ1) is 7.26. The molecule has 0 radical (unpaired) electrons. The number of carbonyl (C=O) groups excluding carboxylic acids is 1. The Morgan fingerprint density at radius 1 is 1.44 bits per heavy atom. The van der Waals surface area contributed by atoms with Gasteiger partial charge < -0.3 is 9.84 Å². The zero-order valence-corrected chi connectivity index (χ0v) is 9.91. The number of hydrogen-bond donors (Lipinski definition) is 2. The third kappa shape index (κ3) is 7.18. The number of carboxylic acids is 1. The predicted molar refractivity (Wildman–Crippen MR) is 55.2 cm³/mol.